The van der Waals surface area contributed by atoms with Gasteiger partial charge in [0.2, 0.25) is 0 Å². The van der Waals surface area contributed by atoms with E-state index in [0.717, 1.165) is 55.3 Å². The molecule has 3 aromatic heterocycles. The maximum atomic E-state index is 6.90. The Morgan fingerprint density at radius 2 is 0.964 bits per heavy atom. The molecule has 0 aliphatic carbocycles. The summed E-state index contributed by atoms with van der Waals surface area (Å²) in [5.41, 5.74) is 13.5. The SMILES string of the molecule is c1ccc(-c2ccc(-n3c4ccc5ccccc5c4c4c5oc6ccccc6c5cc(-c5ccc6c(c5)c5ccccc5n6-c5ccccc5)c43)cc2)cc1. The average molecular weight is 701 g/mol. The molecule has 12 aromatic rings. The molecule has 0 N–H and O–H groups in total. The molecule has 12 rings (SSSR count). The summed E-state index contributed by atoms with van der Waals surface area (Å²) in [6.07, 6.45) is 0. The highest BCUT2D eigenvalue weighted by molar-refractivity contribution is 6.32. The molecule has 0 bridgehead atoms. The Morgan fingerprint density at radius 3 is 1.80 bits per heavy atom. The lowest BCUT2D eigenvalue weighted by molar-refractivity contribution is 0.673. The molecule has 3 heterocycles. The van der Waals surface area contributed by atoms with E-state index in [1.54, 1.807) is 0 Å². The van der Waals surface area contributed by atoms with Crippen molar-refractivity contribution in [1.82, 2.24) is 9.13 Å². The monoisotopic (exact) mass is 700 g/mol. The van der Waals surface area contributed by atoms with E-state index in [9.17, 15) is 0 Å². The van der Waals surface area contributed by atoms with E-state index in [0.29, 0.717) is 0 Å². The van der Waals surface area contributed by atoms with Crippen LogP contribution in [0.4, 0.5) is 0 Å². The van der Waals surface area contributed by atoms with Crippen LogP contribution >= 0.6 is 0 Å². The van der Waals surface area contributed by atoms with Crippen LogP contribution in [0.1, 0.15) is 0 Å². The summed E-state index contributed by atoms with van der Waals surface area (Å²) in [4.78, 5) is 0. The summed E-state index contributed by atoms with van der Waals surface area (Å²) in [5, 5.41) is 9.46. The first-order valence-electron chi connectivity index (χ1n) is 18.9. The van der Waals surface area contributed by atoms with E-state index in [1.165, 1.54) is 54.7 Å². The summed E-state index contributed by atoms with van der Waals surface area (Å²) in [7, 11) is 0. The van der Waals surface area contributed by atoms with E-state index in [2.05, 4.69) is 203 Å². The van der Waals surface area contributed by atoms with E-state index >= 15 is 0 Å². The zero-order valence-electron chi connectivity index (χ0n) is 29.8. The Bertz CT molecular complexity index is 3460. The topological polar surface area (TPSA) is 23.0 Å². The molecule has 55 heavy (non-hydrogen) atoms. The molecule has 0 aliphatic rings. The van der Waals surface area contributed by atoms with Crippen molar-refractivity contribution in [3.63, 3.8) is 0 Å². The number of nitrogens with zero attached hydrogens (tertiary/aromatic N) is 2. The fourth-order valence-electron chi connectivity index (χ4n) is 9.06. The zero-order chi connectivity index (χ0) is 36.0. The molecule has 3 nitrogen and oxygen atoms in total. The normalized spacial score (nSPS) is 12.0. The van der Waals surface area contributed by atoms with Gasteiger partial charge in [-0.25, -0.2) is 0 Å². The Hall–Kier alpha value is -7.36. The lowest BCUT2D eigenvalue weighted by Gasteiger charge is -2.14. The zero-order valence-corrected chi connectivity index (χ0v) is 29.8. The van der Waals surface area contributed by atoms with E-state index < -0.39 is 0 Å². The van der Waals surface area contributed by atoms with E-state index in [1.807, 2.05) is 0 Å². The molecule has 0 saturated carbocycles. The van der Waals surface area contributed by atoms with E-state index in [4.69, 9.17) is 4.42 Å². The van der Waals surface area contributed by atoms with Crippen molar-refractivity contribution in [3.05, 3.63) is 194 Å². The number of fused-ring (bicyclic) bond motifs is 12. The van der Waals surface area contributed by atoms with Gasteiger partial charge in [-0.05, 0) is 88.1 Å². The van der Waals surface area contributed by atoms with Crippen LogP contribution in [0.5, 0.6) is 0 Å². The minimum atomic E-state index is 0.894. The summed E-state index contributed by atoms with van der Waals surface area (Å²) in [6.45, 7) is 0. The predicted octanol–water partition coefficient (Wildman–Crippen LogP) is 14.3. The smallest absolute Gasteiger partial charge is 0.145 e. The predicted molar refractivity (Wildman–Crippen MR) is 231 cm³/mol. The molecule has 3 heteroatoms. The standard InChI is InChI=1S/C52H32N2O/c1-3-13-33(14-4-1)34-23-27-38(28-24-34)54-47-30-25-35-15-7-8-18-39(35)49(47)50-51(54)42(32-44-41-20-10-12-22-48(41)55-52(44)50)36-26-29-46-43(31-36)40-19-9-11-21-45(40)53(46)37-16-5-2-6-17-37/h1-32H. The first-order chi connectivity index (χ1) is 27.3. The van der Waals surface area contributed by atoms with Crippen LogP contribution in [-0.2, 0) is 0 Å². The molecule has 0 fully saturated rings. The van der Waals surface area contributed by atoms with Gasteiger partial charge in [0.1, 0.15) is 11.2 Å². The van der Waals surface area contributed by atoms with Crippen molar-refractivity contribution >= 4 is 76.3 Å². The molecular weight excluding hydrogens is 669 g/mol. The Labute approximate surface area is 316 Å². The Kier molecular flexibility index (Phi) is 6.34. The Morgan fingerprint density at radius 1 is 0.345 bits per heavy atom. The number of hydrogen-bond donors (Lipinski definition) is 0. The van der Waals surface area contributed by atoms with Crippen LogP contribution in [0.3, 0.4) is 0 Å². The van der Waals surface area contributed by atoms with Gasteiger partial charge in [0.15, 0.2) is 0 Å². The van der Waals surface area contributed by atoms with Crippen molar-refractivity contribution in [3.8, 4) is 33.6 Å². The van der Waals surface area contributed by atoms with Crippen molar-refractivity contribution in [2.24, 2.45) is 0 Å². The molecular formula is C52H32N2O. The summed E-state index contributed by atoms with van der Waals surface area (Å²) in [6, 6.07) is 70.2. The molecule has 256 valence electrons. The second kappa shape index (κ2) is 11.6. The molecule has 0 amide bonds. The Balaban J connectivity index is 1.24. The van der Waals surface area contributed by atoms with Gasteiger partial charge in [0.05, 0.1) is 27.5 Å². The highest BCUT2D eigenvalue weighted by Crippen LogP contribution is 2.48. The van der Waals surface area contributed by atoms with Gasteiger partial charge in [-0.1, -0.05) is 133 Å². The lowest BCUT2D eigenvalue weighted by Crippen LogP contribution is -1.96. The molecule has 9 aromatic carbocycles. The molecule has 0 unspecified atom stereocenters. The maximum absolute atomic E-state index is 6.90. The summed E-state index contributed by atoms with van der Waals surface area (Å²) in [5.74, 6) is 0. The van der Waals surface area contributed by atoms with Crippen LogP contribution in [0, 0.1) is 0 Å². The van der Waals surface area contributed by atoms with Gasteiger partial charge >= 0.3 is 0 Å². The molecule has 0 saturated heterocycles. The minimum absolute atomic E-state index is 0.894. The number of para-hydroxylation sites is 3. The summed E-state index contributed by atoms with van der Waals surface area (Å²) >= 11 is 0. The number of rotatable bonds is 4. The van der Waals surface area contributed by atoms with Gasteiger partial charge in [-0.2, -0.15) is 0 Å². The lowest BCUT2D eigenvalue weighted by atomic mass is 9.96. The molecule has 0 atom stereocenters. The third-order valence-corrected chi connectivity index (χ3v) is 11.5. The quantitative estimate of drug-likeness (QED) is 0.179. The van der Waals surface area contributed by atoms with Crippen molar-refractivity contribution < 1.29 is 4.42 Å². The van der Waals surface area contributed by atoms with Crippen LogP contribution in [-0.4, -0.2) is 9.13 Å². The highest BCUT2D eigenvalue weighted by Gasteiger charge is 2.25. The van der Waals surface area contributed by atoms with Gasteiger partial charge in [-0.15, -0.1) is 0 Å². The second-order valence-electron chi connectivity index (χ2n) is 14.5. The third kappa shape index (κ3) is 4.38. The van der Waals surface area contributed by atoms with Crippen molar-refractivity contribution in [2.45, 2.75) is 0 Å². The first kappa shape index (κ1) is 30.1. The average Bonchev–Trinajstić information content (AvgIpc) is 3.92. The van der Waals surface area contributed by atoms with Crippen molar-refractivity contribution in [2.75, 3.05) is 0 Å². The number of hydrogen-bond acceptors (Lipinski definition) is 1. The molecule has 0 radical (unpaired) electrons. The molecule has 0 aliphatic heterocycles. The van der Waals surface area contributed by atoms with Crippen LogP contribution in [0.2, 0.25) is 0 Å². The largest absolute Gasteiger partial charge is 0.455 e. The van der Waals surface area contributed by atoms with Crippen molar-refractivity contribution in [1.29, 1.82) is 0 Å². The first-order valence-corrected chi connectivity index (χ1v) is 18.9. The van der Waals surface area contributed by atoms with Crippen LogP contribution < -0.4 is 0 Å². The van der Waals surface area contributed by atoms with Crippen LogP contribution in [0.25, 0.3) is 110 Å². The van der Waals surface area contributed by atoms with E-state index in [-0.39, 0.29) is 0 Å². The molecule has 0 spiro atoms. The van der Waals surface area contributed by atoms with Crippen LogP contribution in [0.15, 0.2) is 199 Å². The van der Waals surface area contributed by atoms with Gasteiger partial charge in [0.25, 0.3) is 0 Å². The minimum Gasteiger partial charge on any atom is -0.455 e. The second-order valence-corrected chi connectivity index (χ2v) is 14.5. The fraction of sp³-hybridized carbons (Fsp3) is 0. The van der Waals surface area contributed by atoms with Gasteiger partial charge in [-0.3, -0.25) is 0 Å². The highest BCUT2D eigenvalue weighted by atomic mass is 16.3. The third-order valence-electron chi connectivity index (χ3n) is 11.5. The summed E-state index contributed by atoms with van der Waals surface area (Å²) < 4.78 is 11.8. The number of aromatic nitrogens is 2. The van der Waals surface area contributed by atoms with Gasteiger partial charge < -0.3 is 13.6 Å². The fourth-order valence-corrected chi connectivity index (χ4v) is 9.06. The number of benzene rings is 9. The maximum Gasteiger partial charge on any atom is 0.145 e. The van der Waals surface area contributed by atoms with Gasteiger partial charge in [0, 0.05) is 43.9 Å². The number of furan rings is 1.